The predicted molar refractivity (Wildman–Crippen MR) is 108 cm³/mol. The highest BCUT2D eigenvalue weighted by molar-refractivity contribution is 7.99. The van der Waals surface area contributed by atoms with E-state index in [-0.39, 0.29) is 11.7 Å². The summed E-state index contributed by atoms with van der Waals surface area (Å²) in [6, 6.07) is 13.5. The molecule has 0 atom stereocenters. The minimum Gasteiger partial charge on any atom is -0.465 e. The molecule has 0 bridgehead atoms. The van der Waals surface area contributed by atoms with E-state index < -0.39 is 5.97 Å². The summed E-state index contributed by atoms with van der Waals surface area (Å²) in [6.07, 6.45) is 0. The summed E-state index contributed by atoms with van der Waals surface area (Å²) >= 11 is 7.30. The van der Waals surface area contributed by atoms with Crippen molar-refractivity contribution in [2.75, 3.05) is 24.0 Å². The number of anilines is 1. The summed E-state index contributed by atoms with van der Waals surface area (Å²) in [5.41, 5.74) is 1.61. The first-order chi connectivity index (χ1) is 13.5. The summed E-state index contributed by atoms with van der Waals surface area (Å²) in [7, 11) is 1.31. The van der Waals surface area contributed by atoms with Crippen LogP contribution in [0.1, 0.15) is 10.4 Å². The number of nitrogen functional groups attached to an aromatic ring is 1. The van der Waals surface area contributed by atoms with Crippen molar-refractivity contribution in [1.82, 2.24) is 14.9 Å². The lowest BCUT2D eigenvalue weighted by Crippen LogP contribution is -2.16. The van der Waals surface area contributed by atoms with Crippen molar-refractivity contribution >= 4 is 40.9 Å². The third-order valence-corrected chi connectivity index (χ3v) is 4.97. The van der Waals surface area contributed by atoms with Crippen molar-refractivity contribution in [2.45, 2.75) is 5.16 Å². The Morgan fingerprint density at radius 1 is 1.18 bits per heavy atom. The Labute approximate surface area is 170 Å². The van der Waals surface area contributed by atoms with Crippen LogP contribution >= 0.6 is 23.4 Å². The Balaban J connectivity index is 1.61. The second-order valence-corrected chi connectivity index (χ2v) is 6.91. The molecule has 144 valence electrons. The van der Waals surface area contributed by atoms with Gasteiger partial charge in [-0.1, -0.05) is 35.5 Å². The van der Waals surface area contributed by atoms with Crippen molar-refractivity contribution < 1.29 is 14.3 Å². The third kappa shape index (κ3) is 4.44. The zero-order chi connectivity index (χ0) is 20.1. The van der Waals surface area contributed by atoms with Gasteiger partial charge >= 0.3 is 5.97 Å². The summed E-state index contributed by atoms with van der Waals surface area (Å²) in [5, 5.41) is 11.7. The first kappa shape index (κ1) is 19.7. The number of ether oxygens (including phenoxy) is 1. The number of halogens is 1. The maximum absolute atomic E-state index is 12.2. The van der Waals surface area contributed by atoms with Crippen LogP contribution in [0.15, 0.2) is 53.7 Å². The van der Waals surface area contributed by atoms with Gasteiger partial charge in [0.15, 0.2) is 5.82 Å². The van der Waals surface area contributed by atoms with Crippen molar-refractivity contribution in [3.63, 3.8) is 0 Å². The number of hydrogen-bond donors (Lipinski definition) is 2. The van der Waals surface area contributed by atoms with Crippen LogP contribution in [0.3, 0.4) is 0 Å². The second kappa shape index (κ2) is 8.77. The molecule has 3 aromatic rings. The summed E-state index contributed by atoms with van der Waals surface area (Å²) in [5.74, 6) is 5.84. The van der Waals surface area contributed by atoms with E-state index in [1.807, 2.05) is 6.07 Å². The molecule has 1 aromatic heterocycles. The zero-order valence-electron chi connectivity index (χ0n) is 14.8. The summed E-state index contributed by atoms with van der Waals surface area (Å²) in [4.78, 5) is 23.6. The molecule has 10 heteroatoms. The average molecular weight is 418 g/mol. The van der Waals surface area contributed by atoms with Gasteiger partial charge in [0.05, 0.1) is 23.4 Å². The lowest BCUT2D eigenvalue weighted by molar-refractivity contribution is -0.113. The van der Waals surface area contributed by atoms with Crippen LogP contribution in [0.5, 0.6) is 0 Å². The Hall–Kier alpha value is -3.04. The average Bonchev–Trinajstić information content (AvgIpc) is 3.07. The van der Waals surface area contributed by atoms with Gasteiger partial charge in [0, 0.05) is 11.3 Å². The second-order valence-electron chi connectivity index (χ2n) is 5.56. The molecule has 0 aliphatic carbocycles. The Morgan fingerprint density at radius 3 is 2.57 bits per heavy atom. The third-order valence-electron chi connectivity index (χ3n) is 3.70. The van der Waals surface area contributed by atoms with Crippen molar-refractivity contribution in [3.8, 4) is 11.4 Å². The number of methoxy groups -OCH3 is 1. The number of aromatic nitrogens is 3. The maximum atomic E-state index is 12.2. The number of esters is 1. The van der Waals surface area contributed by atoms with E-state index in [9.17, 15) is 9.59 Å². The number of nitrogens with two attached hydrogens (primary N) is 1. The van der Waals surface area contributed by atoms with E-state index in [0.717, 1.165) is 11.8 Å². The van der Waals surface area contributed by atoms with Gasteiger partial charge in [-0.15, -0.1) is 10.2 Å². The molecule has 1 amide bonds. The lowest BCUT2D eigenvalue weighted by atomic mass is 10.2. The Kier molecular flexibility index (Phi) is 6.17. The van der Waals surface area contributed by atoms with Gasteiger partial charge in [-0.05, 0) is 36.4 Å². The highest BCUT2D eigenvalue weighted by Crippen LogP contribution is 2.27. The molecule has 3 N–H and O–H groups in total. The number of carbonyl (C=O) groups is 2. The van der Waals surface area contributed by atoms with Crippen molar-refractivity contribution in [2.24, 2.45) is 0 Å². The number of hydrogen-bond acceptors (Lipinski definition) is 7. The molecule has 0 aliphatic rings. The Bertz CT molecular complexity index is 1010. The van der Waals surface area contributed by atoms with E-state index in [4.69, 9.17) is 17.4 Å². The monoisotopic (exact) mass is 417 g/mol. The number of thioether (sulfide) groups is 1. The highest BCUT2D eigenvalue weighted by atomic mass is 35.5. The molecule has 0 spiro atoms. The molecule has 0 saturated heterocycles. The van der Waals surface area contributed by atoms with E-state index in [0.29, 0.717) is 32.8 Å². The normalized spacial score (nSPS) is 10.5. The molecule has 0 unspecified atom stereocenters. The smallest absolute Gasteiger partial charge is 0.337 e. The van der Waals surface area contributed by atoms with Gasteiger partial charge in [0.1, 0.15) is 0 Å². The van der Waals surface area contributed by atoms with Crippen LogP contribution < -0.4 is 11.2 Å². The minimum absolute atomic E-state index is 0.0800. The van der Waals surface area contributed by atoms with Crippen molar-refractivity contribution in [1.29, 1.82) is 0 Å². The molecule has 8 nitrogen and oxygen atoms in total. The summed E-state index contributed by atoms with van der Waals surface area (Å²) in [6.45, 7) is 0. The van der Waals surface area contributed by atoms with Gasteiger partial charge in [0.2, 0.25) is 11.1 Å². The Morgan fingerprint density at radius 2 is 1.89 bits per heavy atom. The molecular weight excluding hydrogens is 402 g/mol. The quantitative estimate of drug-likeness (QED) is 0.360. The van der Waals surface area contributed by atoms with Crippen LogP contribution in [-0.2, 0) is 9.53 Å². The van der Waals surface area contributed by atoms with Crippen LogP contribution in [0.2, 0.25) is 5.02 Å². The lowest BCUT2D eigenvalue weighted by Gasteiger charge is -2.07. The molecule has 1 heterocycles. The fraction of sp³-hybridized carbons (Fsp3) is 0.111. The van der Waals surface area contributed by atoms with E-state index in [1.54, 1.807) is 42.5 Å². The maximum Gasteiger partial charge on any atom is 0.337 e. The van der Waals surface area contributed by atoms with E-state index in [1.165, 1.54) is 11.8 Å². The largest absolute Gasteiger partial charge is 0.465 e. The first-order valence-corrected chi connectivity index (χ1v) is 9.42. The fourth-order valence-electron chi connectivity index (χ4n) is 2.34. The van der Waals surface area contributed by atoms with Gasteiger partial charge < -0.3 is 15.9 Å². The number of nitrogens with one attached hydrogen (secondary N) is 1. The number of amides is 1. The number of nitrogens with zero attached hydrogens (tertiary/aromatic N) is 3. The first-order valence-electron chi connectivity index (χ1n) is 8.06. The zero-order valence-corrected chi connectivity index (χ0v) is 16.3. The number of carbonyl (C=O) groups excluding carboxylic acids is 2. The molecule has 0 fully saturated rings. The molecular formula is C18H16ClN5O3S. The van der Waals surface area contributed by atoms with Crippen LogP contribution in [0, 0.1) is 0 Å². The standard InChI is InChI=1S/C18H16ClN5O3S/c1-27-17(26)11-6-8-12(9-7-11)21-15(25)10-28-18-23-22-16(24(18)20)13-4-2-3-5-14(13)19/h2-9H,10,20H2,1H3,(H,21,25). The molecule has 0 radical (unpaired) electrons. The number of rotatable bonds is 6. The van der Waals surface area contributed by atoms with Gasteiger partial charge in [-0.3, -0.25) is 4.79 Å². The fourth-order valence-corrected chi connectivity index (χ4v) is 3.21. The number of benzene rings is 2. The van der Waals surface area contributed by atoms with Crippen LogP contribution in [-0.4, -0.2) is 39.6 Å². The molecule has 2 aromatic carbocycles. The molecule has 28 heavy (non-hydrogen) atoms. The van der Waals surface area contributed by atoms with Gasteiger partial charge in [0.25, 0.3) is 0 Å². The van der Waals surface area contributed by atoms with Crippen molar-refractivity contribution in [3.05, 3.63) is 59.1 Å². The molecule has 0 aliphatic heterocycles. The SMILES string of the molecule is COC(=O)c1ccc(NC(=O)CSc2nnc(-c3ccccc3Cl)n2N)cc1. The summed E-state index contributed by atoms with van der Waals surface area (Å²) < 4.78 is 5.93. The van der Waals surface area contributed by atoms with Gasteiger partial charge in [-0.2, -0.15) is 0 Å². The minimum atomic E-state index is -0.440. The predicted octanol–water partition coefficient (Wildman–Crippen LogP) is 2.83. The van der Waals surface area contributed by atoms with Crippen LogP contribution in [0.4, 0.5) is 5.69 Å². The van der Waals surface area contributed by atoms with E-state index in [2.05, 4.69) is 20.3 Å². The van der Waals surface area contributed by atoms with E-state index >= 15 is 0 Å². The van der Waals surface area contributed by atoms with Crippen LogP contribution in [0.25, 0.3) is 11.4 Å². The van der Waals surface area contributed by atoms with Gasteiger partial charge in [-0.25, -0.2) is 9.47 Å². The highest BCUT2D eigenvalue weighted by Gasteiger charge is 2.15. The molecule has 0 saturated carbocycles. The molecule has 3 rings (SSSR count). The topological polar surface area (TPSA) is 112 Å².